The van der Waals surface area contributed by atoms with Crippen molar-refractivity contribution in [3.63, 3.8) is 0 Å². The summed E-state index contributed by atoms with van der Waals surface area (Å²) in [6.07, 6.45) is 1.04. The van der Waals surface area contributed by atoms with E-state index in [-0.39, 0.29) is 5.75 Å². The molecule has 0 aliphatic carbocycles. The zero-order chi connectivity index (χ0) is 14.4. The van der Waals surface area contributed by atoms with Crippen molar-refractivity contribution in [2.24, 2.45) is 0 Å². The van der Waals surface area contributed by atoms with Gasteiger partial charge in [0, 0.05) is 17.5 Å². The van der Waals surface area contributed by atoms with Crippen LogP contribution in [-0.4, -0.2) is 17.8 Å². The molecule has 0 radical (unpaired) electrons. The molecule has 0 saturated heterocycles. The number of ether oxygens (including phenoxy) is 1. The van der Waals surface area contributed by atoms with Gasteiger partial charge in [-0.2, -0.15) is 0 Å². The first-order chi connectivity index (χ1) is 9.69. The lowest BCUT2D eigenvalue weighted by Crippen LogP contribution is -2.27. The lowest BCUT2D eigenvalue weighted by atomic mass is 10.1. The molecule has 1 atom stereocenters. The minimum Gasteiger partial charge on any atom is -0.504 e. The van der Waals surface area contributed by atoms with E-state index >= 15 is 0 Å². The molecule has 0 aliphatic rings. The standard InChI is InChI=1S/C16H21NO2S/c1-3-19-16-10-13(6-7-15(16)18)11-17-12(2)9-14-5-4-8-20-14/h4-8,10,12,17-18H,3,9,11H2,1-2H3. The van der Waals surface area contributed by atoms with Gasteiger partial charge >= 0.3 is 0 Å². The number of hydrogen-bond donors (Lipinski definition) is 2. The average Bonchev–Trinajstić information content (AvgIpc) is 2.93. The fraction of sp³-hybridized carbons (Fsp3) is 0.375. The predicted molar refractivity (Wildman–Crippen MR) is 83.6 cm³/mol. The average molecular weight is 291 g/mol. The Kier molecular flexibility index (Phi) is 5.44. The van der Waals surface area contributed by atoms with Crippen LogP contribution in [0.25, 0.3) is 0 Å². The van der Waals surface area contributed by atoms with Gasteiger partial charge in [0.1, 0.15) is 0 Å². The third-order valence-corrected chi connectivity index (χ3v) is 3.96. The zero-order valence-corrected chi connectivity index (χ0v) is 12.7. The van der Waals surface area contributed by atoms with Crippen LogP contribution in [0.3, 0.4) is 0 Å². The topological polar surface area (TPSA) is 41.5 Å². The highest BCUT2D eigenvalue weighted by Crippen LogP contribution is 2.26. The Bertz CT molecular complexity index is 525. The van der Waals surface area contributed by atoms with E-state index in [0.717, 1.165) is 18.5 Å². The number of thiophene rings is 1. The SMILES string of the molecule is CCOc1cc(CNC(C)Cc2cccs2)ccc1O. The summed E-state index contributed by atoms with van der Waals surface area (Å²) in [4.78, 5) is 1.39. The van der Waals surface area contributed by atoms with Crippen molar-refractivity contribution in [1.82, 2.24) is 5.32 Å². The molecule has 1 aromatic heterocycles. The molecule has 4 heteroatoms. The highest BCUT2D eigenvalue weighted by atomic mass is 32.1. The maximum Gasteiger partial charge on any atom is 0.161 e. The molecule has 1 unspecified atom stereocenters. The first-order valence-corrected chi connectivity index (χ1v) is 7.77. The minimum absolute atomic E-state index is 0.197. The number of nitrogens with one attached hydrogen (secondary N) is 1. The number of phenols is 1. The molecule has 1 aromatic carbocycles. The quantitative estimate of drug-likeness (QED) is 0.819. The summed E-state index contributed by atoms with van der Waals surface area (Å²) in [6, 6.07) is 10.2. The van der Waals surface area contributed by atoms with Crippen LogP contribution in [0.1, 0.15) is 24.3 Å². The van der Waals surface area contributed by atoms with Crippen LogP contribution < -0.4 is 10.1 Å². The maximum absolute atomic E-state index is 9.67. The molecule has 2 N–H and O–H groups in total. The summed E-state index contributed by atoms with van der Waals surface area (Å²) < 4.78 is 5.39. The number of aromatic hydroxyl groups is 1. The van der Waals surface area contributed by atoms with E-state index in [1.807, 2.05) is 19.1 Å². The van der Waals surface area contributed by atoms with Gasteiger partial charge in [0.05, 0.1) is 6.61 Å². The summed E-state index contributed by atoms with van der Waals surface area (Å²) in [5.41, 5.74) is 1.12. The van der Waals surface area contributed by atoms with E-state index in [4.69, 9.17) is 4.74 Å². The molecule has 0 bridgehead atoms. The zero-order valence-electron chi connectivity index (χ0n) is 11.9. The summed E-state index contributed by atoms with van der Waals surface area (Å²) in [5.74, 6) is 0.750. The molecule has 0 aliphatic heterocycles. The monoisotopic (exact) mass is 291 g/mol. The molecular weight excluding hydrogens is 270 g/mol. The third kappa shape index (κ3) is 4.25. The van der Waals surface area contributed by atoms with Crippen LogP contribution in [0.2, 0.25) is 0 Å². The highest BCUT2D eigenvalue weighted by molar-refractivity contribution is 7.09. The third-order valence-electron chi connectivity index (χ3n) is 3.07. The van der Waals surface area contributed by atoms with Gasteiger partial charge in [0.2, 0.25) is 0 Å². The summed E-state index contributed by atoms with van der Waals surface area (Å²) in [5, 5.41) is 15.3. The largest absolute Gasteiger partial charge is 0.504 e. The Balaban J connectivity index is 1.88. The fourth-order valence-electron chi connectivity index (χ4n) is 2.03. The summed E-state index contributed by atoms with van der Waals surface area (Å²) in [7, 11) is 0. The molecule has 3 nitrogen and oxygen atoms in total. The Morgan fingerprint density at radius 2 is 2.20 bits per heavy atom. The van der Waals surface area contributed by atoms with Crippen molar-refractivity contribution in [2.75, 3.05) is 6.61 Å². The van der Waals surface area contributed by atoms with E-state index in [0.29, 0.717) is 18.4 Å². The van der Waals surface area contributed by atoms with Gasteiger partial charge in [-0.25, -0.2) is 0 Å². The molecule has 0 amide bonds. The maximum atomic E-state index is 9.67. The predicted octanol–water partition coefficient (Wildman–Crippen LogP) is 3.57. The van der Waals surface area contributed by atoms with Crippen molar-refractivity contribution in [3.05, 3.63) is 46.2 Å². The molecule has 1 heterocycles. The van der Waals surface area contributed by atoms with E-state index in [1.54, 1.807) is 17.4 Å². The van der Waals surface area contributed by atoms with Crippen LogP contribution in [0, 0.1) is 0 Å². The number of benzene rings is 1. The van der Waals surface area contributed by atoms with Crippen LogP contribution in [0.4, 0.5) is 0 Å². The first kappa shape index (κ1) is 14.9. The Morgan fingerprint density at radius 1 is 1.35 bits per heavy atom. The second-order valence-electron chi connectivity index (χ2n) is 4.80. The van der Waals surface area contributed by atoms with E-state index in [1.165, 1.54) is 4.88 Å². The molecule has 20 heavy (non-hydrogen) atoms. The highest BCUT2D eigenvalue weighted by Gasteiger charge is 2.06. The number of rotatable bonds is 7. The Hall–Kier alpha value is -1.52. The molecular formula is C16H21NO2S. The lowest BCUT2D eigenvalue weighted by molar-refractivity contribution is 0.317. The second kappa shape index (κ2) is 7.31. The molecule has 0 spiro atoms. The smallest absolute Gasteiger partial charge is 0.161 e. The van der Waals surface area contributed by atoms with Crippen molar-refractivity contribution in [3.8, 4) is 11.5 Å². The lowest BCUT2D eigenvalue weighted by Gasteiger charge is -2.14. The van der Waals surface area contributed by atoms with Gasteiger partial charge in [-0.15, -0.1) is 11.3 Å². The van der Waals surface area contributed by atoms with E-state index in [9.17, 15) is 5.11 Å². The van der Waals surface area contributed by atoms with E-state index in [2.05, 4.69) is 29.8 Å². The summed E-state index contributed by atoms with van der Waals surface area (Å²) >= 11 is 1.79. The van der Waals surface area contributed by atoms with Crippen molar-refractivity contribution >= 4 is 11.3 Å². The normalized spacial score (nSPS) is 12.3. The van der Waals surface area contributed by atoms with Crippen molar-refractivity contribution in [2.45, 2.75) is 32.9 Å². The fourth-order valence-corrected chi connectivity index (χ4v) is 2.87. The Labute approximate surface area is 124 Å². The van der Waals surface area contributed by atoms with Crippen LogP contribution in [0.15, 0.2) is 35.7 Å². The van der Waals surface area contributed by atoms with Crippen LogP contribution in [0.5, 0.6) is 11.5 Å². The molecule has 0 fully saturated rings. The summed E-state index contributed by atoms with van der Waals surface area (Å²) in [6.45, 7) is 5.42. The number of hydrogen-bond acceptors (Lipinski definition) is 4. The van der Waals surface area contributed by atoms with Crippen LogP contribution in [-0.2, 0) is 13.0 Å². The number of phenolic OH excluding ortho intramolecular Hbond substituents is 1. The minimum atomic E-state index is 0.197. The van der Waals surface area contributed by atoms with Gasteiger partial charge in [0.25, 0.3) is 0 Å². The second-order valence-corrected chi connectivity index (χ2v) is 5.83. The van der Waals surface area contributed by atoms with Crippen LogP contribution >= 0.6 is 11.3 Å². The van der Waals surface area contributed by atoms with Gasteiger partial charge in [0.15, 0.2) is 11.5 Å². The van der Waals surface area contributed by atoms with E-state index < -0.39 is 0 Å². The van der Waals surface area contributed by atoms with Crippen molar-refractivity contribution in [1.29, 1.82) is 0 Å². The van der Waals surface area contributed by atoms with Gasteiger partial charge in [-0.05, 0) is 49.4 Å². The molecule has 108 valence electrons. The molecule has 2 rings (SSSR count). The van der Waals surface area contributed by atoms with Gasteiger partial charge in [-0.3, -0.25) is 0 Å². The van der Waals surface area contributed by atoms with Crippen molar-refractivity contribution < 1.29 is 9.84 Å². The first-order valence-electron chi connectivity index (χ1n) is 6.89. The van der Waals surface area contributed by atoms with Gasteiger partial charge in [-0.1, -0.05) is 12.1 Å². The molecule has 0 saturated carbocycles. The Morgan fingerprint density at radius 3 is 2.90 bits per heavy atom. The van der Waals surface area contributed by atoms with Gasteiger partial charge < -0.3 is 15.2 Å². The molecule has 2 aromatic rings.